The van der Waals surface area contributed by atoms with Crippen LogP contribution in [0.2, 0.25) is 4.34 Å². The van der Waals surface area contributed by atoms with Crippen molar-refractivity contribution in [2.24, 2.45) is 11.8 Å². The van der Waals surface area contributed by atoms with Crippen LogP contribution in [0, 0.1) is 11.8 Å². The second-order valence-electron chi connectivity index (χ2n) is 7.54. The van der Waals surface area contributed by atoms with E-state index in [0.29, 0.717) is 9.21 Å². The van der Waals surface area contributed by atoms with E-state index in [1.54, 1.807) is 12.1 Å². The molecule has 2 saturated heterocycles. The highest BCUT2D eigenvalue weighted by molar-refractivity contribution is 7.16. The molecule has 9 heteroatoms. The third-order valence-electron chi connectivity index (χ3n) is 6.16. The molecule has 27 heavy (non-hydrogen) atoms. The number of hydrogen-bond acceptors (Lipinski definition) is 6. The number of aliphatic hydroxyl groups is 1. The van der Waals surface area contributed by atoms with Crippen LogP contribution >= 0.6 is 22.9 Å². The van der Waals surface area contributed by atoms with Gasteiger partial charge in [0.2, 0.25) is 11.8 Å². The summed E-state index contributed by atoms with van der Waals surface area (Å²) >= 11 is 7.27. The number of rotatable bonds is 4. The molecule has 4 atom stereocenters. The maximum atomic E-state index is 13.3. The van der Waals surface area contributed by atoms with Crippen molar-refractivity contribution < 1.29 is 24.6 Å². The lowest BCUT2D eigenvalue weighted by Gasteiger charge is -2.33. The van der Waals surface area contributed by atoms with Crippen molar-refractivity contribution in [1.29, 1.82) is 0 Å². The molecule has 1 aromatic rings. The number of carboxylic acid groups (broad SMARTS) is 1. The quantitative estimate of drug-likeness (QED) is 0.651. The molecule has 0 radical (unpaired) electrons. The number of carboxylic acids is 1. The summed E-state index contributed by atoms with van der Waals surface area (Å²) in [6.45, 7) is -0.767. The first-order valence-electron chi connectivity index (χ1n) is 9.15. The monoisotopic (exact) mass is 412 g/mol. The molecule has 7 nitrogen and oxygen atoms in total. The second-order valence-corrected chi connectivity index (χ2v) is 9.29. The zero-order chi connectivity index (χ0) is 19.3. The Balaban J connectivity index is 1.77. The first-order valence-corrected chi connectivity index (χ1v) is 10.3. The number of hydrogen-bond donors (Lipinski definition) is 3. The van der Waals surface area contributed by atoms with E-state index in [1.807, 2.05) is 0 Å². The molecule has 2 amide bonds. The van der Waals surface area contributed by atoms with Crippen LogP contribution in [0.5, 0.6) is 0 Å². The minimum atomic E-state index is -1.87. The van der Waals surface area contributed by atoms with Gasteiger partial charge in [-0.15, -0.1) is 11.3 Å². The van der Waals surface area contributed by atoms with Gasteiger partial charge in [-0.2, -0.15) is 0 Å². The Bertz CT molecular complexity index is 792. The fourth-order valence-electron chi connectivity index (χ4n) is 4.87. The van der Waals surface area contributed by atoms with Crippen LogP contribution in [0.25, 0.3) is 0 Å². The molecule has 146 valence electrons. The number of aliphatic carboxylic acids is 1. The summed E-state index contributed by atoms with van der Waals surface area (Å²) < 4.78 is 0.515. The predicted molar refractivity (Wildman–Crippen MR) is 98.4 cm³/mol. The molecule has 3 fully saturated rings. The van der Waals surface area contributed by atoms with Crippen molar-refractivity contribution in [2.45, 2.75) is 49.7 Å². The number of nitrogens with one attached hydrogen (secondary N) is 1. The van der Waals surface area contributed by atoms with E-state index in [4.69, 9.17) is 11.6 Å². The van der Waals surface area contributed by atoms with Crippen molar-refractivity contribution in [1.82, 2.24) is 10.2 Å². The molecule has 3 heterocycles. The zero-order valence-corrected chi connectivity index (χ0v) is 16.1. The van der Waals surface area contributed by atoms with E-state index in [0.717, 1.165) is 32.1 Å². The number of fused-ring (bicyclic) bond motifs is 1. The van der Waals surface area contributed by atoms with Crippen molar-refractivity contribution in [3.05, 3.63) is 21.3 Å². The van der Waals surface area contributed by atoms with Gasteiger partial charge in [-0.25, -0.2) is 0 Å². The van der Waals surface area contributed by atoms with Crippen molar-refractivity contribution in [3.63, 3.8) is 0 Å². The van der Waals surface area contributed by atoms with E-state index >= 15 is 0 Å². The fourth-order valence-corrected chi connectivity index (χ4v) is 6.03. The van der Waals surface area contributed by atoms with Crippen LogP contribution in [0.4, 0.5) is 0 Å². The number of aliphatic hydroxyl groups excluding tert-OH is 1. The summed E-state index contributed by atoms with van der Waals surface area (Å²) in [6, 6.07) is 2.57. The Morgan fingerprint density at radius 3 is 2.52 bits per heavy atom. The number of amides is 2. The molecule has 4 rings (SSSR count). The van der Waals surface area contributed by atoms with Gasteiger partial charge in [0.15, 0.2) is 5.54 Å². The van der Waals surface area contributed by atoms with E-state index in [-0.39, 0.29) is 11.9 Å². The average molecular weight is 413 g/mol. The molecule has 4 unspecified atom stereocenters. The highest BCUT2D eigenvalue weighted by Gasteiger charge is 2.69. The van der Waals surface area contributed by atoms with Crippen molar-refractivity contribution >= 4 is 40.7 Å². The molecule has 0 bridgehead atoms. The lowest BCUT2D eigenvalue weighted by molar-refractivity contribution is -0.154. The Hall–Kier alpha value is -1.48. The average Bonchev–Trinajstić information content (AvgIpc) is 3.30. The number of nitrogens with zero attached hydrogens (tertiary/aromatic N) is 1. The minimum absolute atomic E-state index is 0.179. The van der Waals surface area contributed by atoms with E-state index < -0.39 is 41.9 Å². The summed E-state index contributed by atoms with van der Waals surface area (Å²) in [6.07, 6.45) is 4.47. The molecule has 1 aromatic heterocycles. The van der Waals surface area contributed by atoms with Crippen molar-refractivity contribution in [3.8, 4) is 0 Å². The summed E-state index contributed by atoms with van der Waals surface area (Å²) in [7, 11) is 0. The smallest absolute Gasteiger partial charge is 0.327 e. The molecule has 2 aliphatic heterocycles. The molecular weight excluding hydrogens is 392 g/mol. The van der Waals surface area contributed by atoms with Gasteiger partial charge in [0, 0.05) is 10.9 Å². The lowest BCUT2D eigenvalue weighted by atomic mass is 9.80. The van der Waals surface area contributed by atoms with E-state index in [9.17, 15) is 24.6 Å². The Morgan fingerprint density at radius 2 is 1.96 bits per heavy atom. The minimum Gasteiger partial charge on any atom is -0.480 e. The van der Waals surface area contributed by atoms with Crippen molar-refractivity contribution in [2.75, 3.05) is 6.61 Å². The SMILES string of the molecule is O=C1C2C(c3ccc(Cl)s3)NC(CO)(C(=O)O)C2C(=O)N1C1CCCCC1. The molecule has 1 saturated carbocycles. The number of thiophene rings is 1. The van der Waals surface area contributed by atoms with Crippen LogP contribution in [0.15, 0.2) is 12.1 Å². The van der Waals surface area contributed by atoms with E-state index in [1.165, 1.54) is 16.2 Å². The first-order chi connectivity index (χ1) is 12.9. The molecule has 3 N–H and O–H groups in total. The normalized spacial score (nSPS) is 34.3. The summed E-state index contributed by atoms with van der Waals surface area (Å²) in [5.74, 6) is -4.11. The number of halogens is 1. The summed E-state index contributed by atoms with van der Waals surface area (Å²) in [5, 5.41) is 22.7. The maximum Gasteiger partial charge on any atom is 0.327 e. The van der Waals surface area contributed by atoms with Gasteiger partial charge in [-0.3, -0.25) is 24.6 Å². The van der Waals surface area contributed by atoms with Crippen LogP contribution in [-0.4, -0.2) is 51.1 Å². The number of likely N-dealkylation sites (tertiary alicyclic amines) is 1. The molecule has 0 aromatic carbocycles. The highest BCUT2D eigenvalue weighted by Crippen LogP contribution is 2.51. The van der Waals surface area contributed by atoms with Gasteiger partial charge in [0.1, 0.15) is 0 Å². The van der Waals surface area contributed by atoms with Gasteiger partial charge < -0.3 is 10.2 Å². The Morgan fingerprint density at radius 1 is 1.26 bits per heavy atom. The van der Waals surface area contributed by atoms with Crippen LogP contribution < -0.4 is 5.32 Å². The first kappa shape index (κ1) is 18.9. The topological polar surface area (TPSA) is 107 Å². The van der Waals surface area contributed by atoms with Gasteiger partial charge in [-0.1, -0.05) is 30.9 Å². The molecule has 3 aliphatic rings. The molecular formula is C18H21ClN2O5S. The Labute approximate surface area is 165 Å². The summed E-state index contributed by atoms with van der Waals surface area (Å²) in [4.78, 5) is 40.6. The fraction of sp³-hybridized carbons (Fsp3) is 0.611. The van der Waals surface area contributed by atoms with Gasteiger partial charge in [0.05, 0.1) is 28.8 Å². The zero-order valence-electron chi connectivity index (χ0n) is 14.6. The van der Waals surface area contributed by atoms with Gasteiger partial charge in [-0.05, 0) is 25.0 Å². The van der Waals surface area contributed by atoms with Crippen LogP contribution in [0.1, 0.15) is 43.0 Å². The van der Waals surface area contributed by atoms with Gasteiger partial charge >= 0.3 is 5.97 Å². The van der Waals surface area contributed by atoms with Crippen LogP contribution in [-0.2, 0) is 14.4 Å². The maximum absolute atomic E-state index is 13.3. The van der Waals surface area contributed by atoms with E-state index in [2.05, 4.69) is 5.32 Å². The highest BCUT2D eigenvalue weighted by atomic mass is 35.5. The summed E-state index contributed by atoms with van der Waals surface area (Å²) in [5.41, 5.74) is -1.87. The van der Waals surface area contributed by atoms with Gasteiger partial charge in [0.25, 0.3) is 0 Å². The predicted octanol–water partition coefficient (Wildman–Crippen LogP) is 1.80. The third kappa shape index (κ3) is 2.73. The standard InChI is InChI=1S/C18H21ClN2O5S/c19-11-7-6-10(27-11)14-12-13(18(8-22,20-14)17(25)26)16(24)21(15(12)23)9-4-2-1-3-5-9/h6-7,9,12-14,20,22H,1-5,8H2,(H,25,26). The second kappa shape index (κ2) is 6.84. The Kier molecular flexibility index (Phi) is 4.78. The lowest BCUT2D eigenvalue weighted by Crippen LogP contribution is -2.59. The number of imide groups is 1. The molecule has 1 aliphatic carbocycles. The number of carbonyl (C=O) groups is 3. The molecule has 0 spiro atoms. The number of carbonyl (C=O) groups excluding carboxylic acids is 2. The van der Waals surface area contributed by atoms with Crippen LogP contribution in [0.3, 0.4) is 0 Å². The third-order valence-corrected chi connectivity index (χ3v) is 7.47. The largest absolute Gasteiger partial charge is 0.480 e.